The largest absolute Gasteiger partial charge is 0.396 e. The summed E-state index contributed by atoms with van der Waals surface area (Å²) in [7, 11) is 0. The number of aliphatic hydroxyl groups is 1. The maximum Gasteiger partial charge on any atom is 0.0431 e. The molecule has 0 saturated carbocycles. The van der Waals surface area contributed by atoms with E-state index in [-0.39, 0.29) is 17.4 Å². The summed E-state index contributed by atoms with van der Waals surface area (Å²) in [4.78, 5) is 0. The minimum absolute atomic E-state index is 0.0637. The quantitative estimate of drug-likeness (QED) is 0.762. The van der Waals surface area contributed by atoms with Crippen LogP contribution in [0, 0.1) is 5.41 Å². The Morgan fingerprint density at radius 3 is 2.04 bits per heavy atom. The third-order valence-electron chi connectivity index (χ3n) is 4.58. The van der Waals surface area contributed by atoms with E-state index < -0.39 is 0 Å². The van der Waals surface area contributed by atoms with Gasteiger partial charge in [-0.3, -0.25) is 0 Å². The number of rotatable bonds is 6. The van der Waals surface area contributed by atoms with Gasteiger partial charge in [-0.2, -0.15) is 0 Å². The Hall–Kier alpha value is -1.60. The van der Waals surface area contributed by atoms with Gasteiger partial charge in [0.25, 0.3) is 0 Å². The molecule has 124 valence electrons. The van der Waals surface area contributed by atoms with Crippen molar-refractivity contribution >= 4 is 0 Å². The summed E-state index contributed by atoms with van der Waals surface area (Å²) < 4.78 is 0. The highest BCUT2D eigenvalue weighted by atomic mass is 16.2. The Morgan fingerprint density at radius 2 is 1.43 bits per heavy atom. The van der Waals surface area contributed by atoms with E-state index >= 15 is 0 Å². The van der Waals surface area contributed by atoms with Gasteiger partial charge in [0.15, 0.2) is 0 Å². The average molecular weight is 310 g/mol. The summed E-state index contributed by atoms with van der Waals surface area (Å²) >= 11 is 0. The van der Waals surface area contributed by atoms with Gasteiger partial charge in [0.2, 0.25) is 0 Å². The molecule has 1 heteroatoms. The summed E-state index contributed by atoms with van der Waals surface area (Å²) in [5.41, 5.74) is 4.34. The molecule has 1 nitrogen and oxygen atoms in total. The van der Waals surface area contributed by atoms with Crippen molar-refractivity contribution in [3.63, 3.8) is 0 Å². The lowest BCUT2D eigenvalue weighted by molar-refractivity contribution is 0.271. The molecule has 0 spiro atoms. The minimum atomic E-state index is -0.0637. The van der Waals surface area contributed by atoms with Crippen LogP contribution in [0.5, 0.6) is 0 Å². The van der Waals surface area contributed by atoms with E-state index in [0.717, 1.165) is 19.3 Å². The lowest BCUT2D eigenvalue weighted by atomic mass is 9.70. The Bertz CT molecular complexity index is 609. The van der Waals surface area contributed by atoms with Crippen molar-refractivity contribution in [2.24, 2.45) is 5.41 Å². The second-order valence-corrected chi connectivity index (χ2v) is 7.92. The van der Waals surface area contributed by atoms with Crippen molar-refractivity contribution in [3.05, 3.63) is 71.3 Å². The highest BCUT2D eigenvalue weighted by Gasteiger charge is 2.31. The summed E-state index contributed by atoms with van der Waals surface area (Å²) in [6.45, 7) is 9.43. The zero-order valence-corrected chi connectivity index (χ0v) is 15.0. The third kappa shape index (κ3) is 4.45. The van der Waals surface area contributed by atoms with E-state index in [1.807, 2.05) is 0 Å². The molecule has 1 N–H and O–H groups in total. The smallest absolute Gasteiger partial charge is 0.0431 e. The zero-order chi connectivity index (χ0) is 16.9. The molecule has 0 fully saturated rings. The number of aliphatic hydroxyl groups excluding tert-OH is 1. The van der Waals surface area contributed by atoms with Gasteiger partial charge in [-0.15, -0.1) is 0 Å². The zero-order valence-electron chi connectivity index (χ0n) is 15.0. The molecule has 0 aliphatic carbocycles. The summed E-state index contributed by atoms with van der Waals surface area (Å²) in [5.74, 6) is 0. The van der Waals surface area contributed by atoms with Crippen molar-refractivity contribution in [1.82, 2.24) is 0 Å². The average Bonchev–Trinajstić information content (AvgIpc) is 2.52. The highest BCUT2D eigenvalue weighted by molar-refractivity contribution is 5.43. The molecule has 1 atom stereocenters. The fourth-order valence-corrected chi connectivity index (χ4v) is 3.46. The van der Waals surface area contributed by atoms with Crippen LogP contribution in [0.4, 0.5) is 0 Å². The first-order valence-corrected chi connectivity index (χ1v) is 8.61. The van der Waals surface area contributed by atoms with Crippen LogP contribution in [0.25, 0.3) is 0 Å². The fourth-order valence-electron chi connectivity index (χ4n) is 3.46. The monoisotopic (exact) mass is 310 g/mol. The number of hydrogen-bond acceptors (Lipinski definition) is 1. The van der Waals surface area contributed by atoms with Crippen LogP contribution in [0.2, 0.25) is 0 Å². The normalized spacial score (nSPS) is 14.5. The molecule has 2 rings (SSSR count). The van der Waals surface area contributed by atoms with E-state index in [0.29, 0.717) is 0 Å². The SMILES string of the molecule is CC(C)(C)Cc1ccccc1C(C)(CCCO)c1ccccc1. The molecular formula is C22H30O. The van der Waals surface area contributed by atoms with E-state index in [9.17, 15) is 5.11 Å². The van der Waals surface area contributed by atoms with E-state index in [2.05, 4.69) is 82.3 Å². The van der Waals surface area contributed by atoms with E-state index in [1.165, 1.54) is 16.7 Å². The lowest BCUT2D eigenvalue weighted by Gasteiger charge is -2.34. The summed E-state index contributed by atoms with van der Waals surface area (Å²) in [6.07, 6.45) is 2.83. The standard InChI is InChI=1S/C22H30O/c1-21(2,3)17-18-11-8-9-14-20(18)22(4,15-10-16-23)19-12-6-5-7-13-19/h5-9,11-14,23H,10,15-17H2,1-4H3. The van der Waals surface area contributed by atoms with Gasteiger partial charge in [0, 0.05) is 12.0 Å². The first-order chi connectivity index (χ1) is 10.9. The molecule has 23 heavy (non-hydrogen) atoms. The van der Waals surface area contributed by atoms with Crippen molar-refractivity contribution in [2.45, 2.75) is 52.4 Å². The predicted molar refractivity (Wildman–Crippen MR) is 98.8 cm³/mol. The predicted octanol–water partition coefficient (Wildman–Crippen LogP) is 5.35. The Morgan fingerprint density at radius 1 is 0.826 bits per heavy atom. The van der Waals surface area contributed by atoms with Crippen LogP contribution in [0.3, 0.4) is 0 Å². The van der Waals surface area contributed by atoms with Crippen LogP contribution in [-0.2, 0) is 11.8 Å². The van der Waals surface area contributed by atoms with Gasteiger partial charge >= 0.3 is 0 Å². The van der Waals surface area contributed by atoms with Crippen LogP contribution in [0.1, 0.15) is 57.2 Å². The van der Waals surface area contributed by atoms with Crippen LogP contribution < -0.4 is 0 Å². The van der Waals surface area contributed by atoms with Gasteiger partial charge in [-0.05, 0) is 41.4 Å². The Kier molecular flexibility index (Phi) is 5.64. The Labute approximate surface area is 141 Å². The number of hydrogen-bond donors (Lipinski definition) is 1. The molecule has 0 radical (unpaired) electrons. The van der Waals surface area contributed by atoms with Gasteiger partial charge in [0.1, 0.15) is 0 Å². The fraction of sp³-hybridized carbons (Fsp3) is 0.455. The van der Waals surface area contributed by atoms with Crippen molar-refractivity contribution in [3.8, 4) is 0 Å². The van der Waals surface area contributed by atoms with Crippen molar-refractivity contribution in [2.75, 3.05) is 6.61 Å². The summed E-state index contributed by atoms with van der Waals surface area (Å²) in [5, 5.41) is 9.38. The summed E-state index contributed by atoms with van der Waals surface area (Å²) in [6, 6.07) is 19.5. The van der Waals surface area contributed by atoms with Gasteiger partial charge in [-0.1, -0.05) is 82.3 Å². The van der Waals surface area contributed by atoms with E-state index in [4.69, 9.17) is 0 Å². The molecule has 1 unspecified atom stereocenters. The molecule has 0 bridgehead atoms. The molecule has 2 aromatic carbocycles. The topological polar surface area (TPSA) is 20.2 Å². The molecule has 0 aromatic heterocycles. The van der Waals surface area contributed by atoms with Gasteiger partial charge < -0.3 is 5.11 Å². The molecule has 0 aliphatic rings. The molecular weight excluding hydrogens is 280 g/mol. The van der Waals surface area contributed by atoms with E-state index in [1.54, 1.807) is 0 Å². The molecule has 2 aromatic rings. The molecule has 0 saturated heterocycles. The van der Waals surface area contributed by atoms with Crippen LogP contribution in [0.15, 0.2) is 54.6 Å². The highest BCUT2D eigenvalue weighted by Crippen LogP contribution is 2.39. The molecule has 0 amide bonds. The third-order valence-corrected chi connectivity index (χ3v) is 4.58. The second-order valence-electron chi connectivity index (χ2n) is 7.92. The van der Waals surface area contributed by atoms with Crippen molar-refractivity contribution < 1.29 is 5.11 Å². The first-order valence-electron chi connectivity index (χ1n) is 8.61. The molecule has 0 heterocycles. The minimum Gasteiger partial charge on any atom is -0.396 e. The lowest BCUT2D eigenvalue weighted by Crippen LogP contribution is -2.27. The maximum atomic E-state index is 9.38. The van der Waals surface area contributed by atoms with Gasteiger partial charge in [-0.25, -0.2) is 0 Å². The van der Waals surface area contributed by atoms with Crippen LogP contribution >= 0.6 is 0 Å². The van der Waals surface area contributed by atoms with Crippen molar-refractivity contribution in [1.29, 1.82) is 0 Å². The Balaban J connectivity index is 2.52. The second kappa shape index (κ2) is 7.31. The first kappa shape index (κ1) is 17.7. The van der Waals surface area contributed by atoms with Crippen LogP contribution in [-0.4, -0.2) is 11.7 Å². The maximum absolute atomic E-state index is 9.38. The molecule has 0 aliphatic heterocycles. The number of benzene rings is 2. The van der Waals surface area contributed by atoms with Gasteiger partial charge in [0.05, 0.1) is 0 Å².